The molecule has 96 valence electrons. The molecule has 3 aliphatic rings. The van der Waals surface area contributed by atoms with Gasteiger partial charge in [0.15, 0.2) is 0 Å². The third kappa shape index (κ3) is 1.13. The van der Waals surface area contributed by atoms with Crippen molar-refractivity contribution in [2.45, 2.75) is 12.1 Å². The van der Waals surface area contributed by atoms with Crippen LogP contribution in [0.3, 0.4) is 0 Å². The lowest BCUT2D eigenvalue weighted by atomic mass is 9.92. The molecule has 0 amide bonds. The first-order chi connectivity index (χ1) is 9.93. The minimum Gasteiger partial charge on any atom is -0.349 e. The van der Waals surface area contributed by atoms with E-state index in [0.29, 0.717) is 5.92 Å². The van der Waals surface area contributed by atoms with Gasteiger partial charge in [-0.2, -0.15) is 0 Å². The number of hydrogen-bond acceptors (Lipinski definition) is 3. The Hall–Kier alpha value is -2.55. The number of aliphatic imine (C=N–C) groups is 1. The van der Waals surface area contributed by atoms with Gasteiger partial charge in [0.05, 0.1) is 5.92 Å². The molecule has 20 heavy (non-hydrogen) atoms. The maximum atomic E-state index is 4.33. The molecule has 5 rings (SSSR count). The van der Waals surface area contributed by atoms with Gasteiger partial charge in [0.25, 0.3) is 0 Å². The monoisotopic (exact) mass is 259 g/mol. The van der Waals surface area contributed by atoms with Crippen molar-refractivity contribution in [3.8, 4) is 0 Å². The lowest BCUT2D eigenvalue weighted by molar-refractivity contribution is 0.601. The number of para-hydroxylation sites is 2. The molecule has 0 aliphatic carbocycles. The Morgan fingerprint density at radius 2 is 1.75 bits per heavy atom. The molecule has 2 aromatic carbocycles. The van der Waals surface area contributed by atoms with Crippen LogP contribution in [0.2, 0.25) is 0 Å². The van der Waals surface area contributed by atoms with E-state index >= 15 is 0 Å². The third-order valence-corrected chi connectivity index (χ3v) is 4.39. The molecule has 0 saturated carbocycles. The number of fused-ring (bicyclic) bond motifs is 4. The summed E-state index contributed by atoms with van der Waals surface area (Å²) in [6, 6.07) is 19.2. The zero-order chi connectivity index (χ0) is 13.1. The van der Waals surface area contributed by atoms with E-state index in [1.165, 1.54) is 22.5 Å². The number of nitrogens with one attached hydrogen (secondary N) is 1. The fourth-order valence-electron chi connectivity index (χ4n) is 3.50. The van der Waals surface area contributed by atoms with Gasteiger partial charge < -0.3 is 10.2 Å². The smallest absolute Gasteiger partial charge is 0.133 e. The number of rotatable bonds is 1. The fourth-order valence-corrected chi connectivity index (χ4v) is 3.50. The predicted molar refractivity (Wildman–Crippen MR) is 80.2 cm³/mol. The molecule has 2 aromatic rings. The molecule has 0 spiro atoms. The van der Waals surface area contributed by atoms with E-state index in [0.717, 1.165) is 5.82 Å². The second-order valence-corrected chi connectivity index (χ2v) is 5.39. The van der Waals surface area contributed by atoms with Crippen molar-refractivity contribution in [1.29, 1.82) is 0 Å². The van der Waals surface area contributed by atoms with E-state index in [2.05, 4.69) is 69.8 Å². The van der Waals surface area contributed by atoms with Crippen LogP contribution in [0.4, 0.5) is 11.4 Å². The summed E-state index contributed by atoms with van der Waals surface area (Å²) in [6.45, 7) is 0. The summed E-state index contributed by atoms with van der Waals surface area (Å²) in [4.78, 5) is 6.72. The molecule has 3 heterocycles. The standard InChI is InChI=1S/C17H13N3/c1-2-6-11(7-3-1)20-14-9-5-4-8-12(14)15-13-10-18-16(13)19-17(15)20/h1-10,15,17H,(H,18,19). The van der Waals surface area contributed by atoms with Gasteiger partial charge in [0.1, 0.15) is 12.0 Å². The van der Waals surface area contributed by atoms with Crippen LogP contribution in [0.15, 0.2) is 71.0 Å². The normalized spacial score (nSPS) is 24.9. The largest absolute Gasteiger partial charge is 0.349 e. The number of benzene rings is 2. The van der Waals surface area contributed by atoms with E-state index < -0.39 is 0 Å². The first-order valence-corrected chi connectivity index (χ1v) is 6.91. The fraction of sp³-hybridized carbons (Fsp3) is 0.118. The number of nitrogens with zero attached hydrogens (tertiary/aromatic N) is 2. The highest BCUT2D eigenvalue weighted by Gasteiger charge is 2.47. The molecule has 0 saturated heterocycles. The van der Waals surface area contributed by atoms with Crippen molar-refractivity contribution in [2.75, 3.05) is 4.90 Å². The molecule has 2 unspecified atom stereocenters. The SMILES string of the molecule is C1=NC2=C1C1c3ccccc3N(c3ccccc3)C1N2. The van der Waals surface area contributed by atoms with Crippen molar-refractivity contribution >= 4 is 17.6 Å². The Labute approximate surface area is 117 Å². The lowest BCUT2D eigenvalue weighted by Gasteiger charge is -2.27. The molecule has 3 aliphatic heterocycles. The Balaban J connectivity index is 1.71. The Morgan fingerprint density at radius 3 is 2.55 bits per heavy atom. The van der Waals surface area contributed by atoms with Crippen LogP contribution >= 0.6 is 0 Å². The highest BCUT2D eigenvalue weighted by molar-refractivity contribution is 5.93. The van der Waals surface area contributed by atoms with Gasteiger partial charge in [-0.05, 0) is 23.8 Å². The van der Waals surface area contributed by atoms with Crippen LogP contribution < -0.4 is 10.2 Å². The number of hydrogen-bond donors (Lipinski definition) is 1. The van der Waals surface area contributed by atoms with Crippen LogP contribution in [-0.4, -0.2) is 12.4 Å². The van der Waals surface area contributed by atoms with E-state index in [1.54, 1.807) is 0 Å². The molecular formula is C17H13N3. The van der Waals surface area contributed by atoms with E-state index in [1.807, 2.05) is 6.21 Å². The Bertz CT molecular complexity index is 761. The lowest BCUT2D eigenvalue weighted by Crippen LogP contribution is -2.38. The maximum Gasteiger partial charge on any atom is 0.133 e. The van der Waals surface area contributed by atoms with Crippen LogP contribution in [0.5, 0.6) is 0 Å². The van der Waals surface area contributed by atoms with Crippen molar-refractivity contribution in [3.63, 3.8) is 0 Å². The van der Waals surface area contributed by atoms with Crippen molar-refractivity contribution < 1.29 is 0 Å². The molecule has 0 radical (unpaired) electrons. The summed E-state index contributed by atoms with van der Waals surface area (Å²) in [5, 5.41) is 3.56. The van der Waals surface area contributed by atoms with Crippen LogP contribution in [0.1, 0.15) is 11.5 Å². The molecule has 1 N–H and O–H groups in total. The molecule has 0 aromatic heterocycles. The summed E-state index contributed by atoms with van der Waals surface area (Å²) in [5.74, 6) is 1.47. The van der Waals surface area contributed by atoms with Crippen molar-refractivity contribution in [3.05, 3.63) is 71.6 Å². The minimum absolute atomic E-state index is 0.252. The van der Waals surface area contributed by atoms with Gasteiger partial charge >= 0.3 is 0 Å². The second-order valence-electron chi connectivity index (χ2n) is 5.39. The highest BCUT2D eigenvalue weighted by Crippen LogP contribution is 2.51. The van der Waals surface area contributed by atoms with Gasteiger partial charge in [-0.3, -0.25) is 0 Å². The number of anilines is 2. The van der Waals surface area contributed by atoms with Gasteiger partial charge in [0.2, 0.25) is 0 Å². The Kier molecular flexibility index (Phi) is 1.80. The molecule has 3 nitrogen and oxygen atoms in total. The van der Waals surface area contributed by atoms with Gasteiger partial charge in [0, 0.05) is 23.2 Å². The highest BCUT2D eigenvalue weighted by atomic mass is 15.3. The minimum atomic E-state index is 0.252. The molecule has 0 bridgehead atoms. The molecular weight excluding hydrogens is 246 g/mol. The molecule has 0 fully saturated rings. The van der Waals surface area contributed by atoms with Crippen LogP contribution in [0, 0.1) is 0 Å². The van der Waals surface area contributed by atoms with Crippen LogP contribution in [-0.2, 0) is 0 Å². The predicted octanol–water partition coefficient (Wildman–Crippen LogP) is 3.15. The van der Waals surface area contributed by atoms with E-state index in [4.69, 9.17) is 0 Å². The average molecular weight is 259 g/mol. The molecule has 2 atom stereocenters. The van der Waals surface area contributed by atoms with Crippen molar-refractivity contribution in [2.24, 2.45) is 4.99 Å². The second kappa shape index (κ2) is 3.51. The summed E-state index contributed by atoms with van der Waals surface area (Å²) in [7, 11) is 0. The van der Waals surface area contributed by atoms with Crippen molar-refractivity contribution in [1.82, 2.24) is 5.32 Å². The van der Waals surface area contributed by atoms with Gasteiger partial charge in [-0.1, -0.05) is 36.4 Å². The first-order valence-electron chi connectivity index (χ1n) is 6.91. The first kappa shape index (κ1) is 10.3. The zero-order valence-electron chi connectivity index (χ0n) is 10.8. The third-order valence-electron chi connectivity index (χ3n) is 4.39. The average Bonchev–Trinajstić information content (AvgIpc) is 2.91. The maximum absolute atomic E-state index is 4.33. The molecule has 3 heteroatoms. The Morgan fingerprint density at radius 1 is 0.950 bits per heavy atom. The summed E-state index contributed by atoms with van der Waals surface area (Å²) >= 11 is 0. The van der Waals surface area contributed by atoms with E-state index in [9.17, 15) is 0 Å². The zero-order valence-corrected chi connectivity index (χ0v) is 10.8. The van der Waals surface area contributed by atoms with E-state index in [-0.39, 0.29) is 6.17 Å². The summed E-state index contributed by atoms with van der Waals surface area (Å²) in [5.41, 5.74) is 5.27. The van der Waals surface area contributed by atoms with Crippen LogP contribution in [0.25, 0.3) is 0 Å². The summed E-state index contributed by atoms with van der Waals surface area (Å²) in [6.07, 6.45) is 2.25. The van der Waals surface area contributed by atoms with Gasteiger partial charge in [-0.25, -0.2) is 4.99 Å². The van der Waals surface area contributed by atoms with Gasteiger partial charge in [-0.15, -0.1) is 0 Å². The summed E-state index contributed by atoms with van der Waals surface area (Å²) < 4.78 is 0. The topological polar surface area (TPSA) is 27.6 Å². The quantitative estimate of drug-likeness (QED) is 0.852.